The third-order valence-corrected chi connectivity index (χ3v) is 6.10. The Bertz CT molecular complexity index is 1460. The van der Waals surface area contributed by atoms with Crippen LogP contribution < -0.4 is 11.2 Å². The fourth-order valence-corrected chi connectivity index (χ4v) is 4.55. The number of fused-ring (bicyclic) bond motifs is 2. The molecule has 2 aromatic carbocycles. The number of rotatable bonds is 6. The van der Waals surface area contributed by atoms with E-state index in [2.05, 4.69) is 32.1 Å². The van der Waals surface area contributed by atoms with Gasteiger partial charge in [0.05, 0.1) is 11.0 Å². The summed E-state index contributed by atoms with van der Waals surface area (Å²) in [5.74, 6) is 0. The molecule has 0 amide bonds. The smallest absolute Gasteiger partial charge is 0.329 e. The van der Waals surface area contributed by atoms with Gasteiger partial charge in [-0.2, -0.15) is 0 Å². The minimum Gasteiger partial charge on any atom is -0.333 e. The molecule has 0 bridgehead atoms. The fourth-order valence-electron chi connectivity index (χ4n) is 3.65. The van der Waals surface area contributed by atoms with Crippen LogP contribution in [-0.2, 0) is 20.0 Å². The number of aryl methyl sites for hydroxylation is 3. The van der Waals surface area contributed by atoms with Crippen LogP contribution in [0.2, 0.25) is 0 Å². The number of benzene rings is 2. The van der Waals surface area contributed by atoms with E-state index in [9.17, 15) is 9.59 Å². The summed E-state index contributed by atoms with van der Waals surface area (Å²) in [7, 11) is 1.61. The molecule has 0 aliphatic rings. The van der Waals surface area contributed by atoms with Gasteiger partial charge in [-0.05, 0) is 42.3 Å². The molecule has 0 unspecified atom stereocenters. The zero-order chi connectivity index (χ0) is 21.4. The summed E-state index contributed by atoms with van der Waals surface area (Å²) in [6.07, 6.45) is 1.70. The molecule has 0 fully saturated rings. The average Bonchev–Trinajstić information content (AvgIpc) is 3.34. The molecule has 3 aromatic heterocycles. The van der Waals surface area contributed by atoms with E-state index in [0.717, 1.165) is 23.9 Å². The molecule has 8 nitrogen and oxygen atoms in total. The first kappa shape index (κ1) is 19.4. The van der Waals surface area contributed by atoms with Crippen LogP contribution in [0.4, 0.5) is 0 Å². The first-order chi connectivity index (χ1) is 15.1. The van der Waals surface area contributed by atoms with Crippen LogP contribution in [0.1, 0.15) is 12.0 Å². The summed E-state index contributed by atoms with van der Waals surface area (Å²) in [5.41, 5.74) is 2.89. The molecule has 2 N–H and O–H groups in total. The molecular weight excluding hydrogens is 412 g/mol. The quantitative estimate of drug-likeness (QED) is 0.429. The van der Waals surface area contributed by atoms with Crippen molar-refractivity contribution in [2.45, 2.75) is 29.7 Å². The molecule has 5 aromatic rings. The van der Waals surface area contributed by atoms with Crippen molar-refractivity contribution in [3.8, 4) is 0 Å². The Morgan fingerprint density at radius 3 is 2.55 bits per heavy atom. The highest BCUT2D eigenvalue weighted by Crippen LogP contribution is 2.29. The van der Waals surface area contributed by atoms with Gasteiger partial charge in [0.25, 0.3) is 5.56 Å². The first-order valence-corrected chi connectivity index (χ1v) is 10.8. The number of H-pyrrole nitrogens is 2. The van der Waals surface area contributed by atoms with Gasteiger partial charge in [0.2, 0.25) is 0 Å². The number of aromatic nitrogens is 6. The summed E-state index contributed by atoms with van der Waals surface area (Å²) < 4.78 is 3.25. The van der Waals surface area contributed by atoms with Gasteiger partial charge in [0.1, 0.15) is 0 Å². The third-order valence-electron chi connectivity index (χ3n) is 5.22. The minimum atomic E-state index is -0.480. The fraction of sp³-hybridized carbons (Fsp3) is 0.182. The molecule has 0 saturated carbocycles. The van der Waals surface area contributed by atoms with Crippen molar-refractivity contribution < 1.29 is 0 Å². The van der Waals surface area contributed by atoms with E-state index in [0.29, 0.717) is 28.0 Å². The normalized spacial score (nSPS) is 11.5. The highest BCUT2D eigenvalue weighted by molar-refractivity contribution is 7.99. The maximum atomic E-state index is 12.6. The monoisotopic (exact) mass is 432 g/mol. The van der Waals surface area contributed by atoms with Crippen molar-refractivity contribution in [2.75, 3.05) is 0 Å². The van der Waals surface area contributed by atoms with Gasteiger partial charge in [-0.15, -0.1) is 0 Å². The topological polar surface area (TPSA) is 101 Å². The molecule has 0 radical (unpaired) electrons. The van der Waals surface area contributed by atoms with E-state index in [4.69, 9.17) is 0 Å². The summed E-state index contributed by atoms with van der Waals surface area (Å²) in [4.78, 5) is 39.6. The van der Waals surface area contributed by atoms with E-state index < -0.39 is 11.2 Å². The Labute approximate surface area is 181 Å². The molecular formula is C22H20N6O2S. The van der Waals surface area contributed by atoms with Crippen molar-refractivity contribution in [1.82, 2.24) is 29.1 Å². The molecule has 31 heavy (non-hydrogen) atoms. The van der Waals surface area contributed by atoms with E-state index in [1.165, 1.54) is 21.9 Å². The molecule has 3 heterocycles. The minimum absolute atomic E-state index is 0.368. The number of nitrogens with one attached hydrogen (secondary N) is 2. The van der Waals surface area contributed by atoms with Gasteiger partial charge in [-0.25, -0.2) is 14.8 Å². The van der Waals surface area contributed by atoms with Gasteiger partial charge in [-0.1, -0.05) is 42.5 Å². The number of para-hydroxylation sites is 2. The molecule has 0 spiro atoms. The lowest BCUT2D eigenvalue weighted by atomic mass is 10.1. The molecule has 0 saturated heterocycles. The van der Waals surface area contributed by atoms with Gasteiger partial charge in [0, 0.05) is 13.6 Å². The molecule has 156 valence electrons. The Morgan fingerprint density at radius 2 is 1.74 bits per heavy atom. The maximum Gasteiger partial charge on any atom is 0.329 e. The van der Waals surface area contributed by atoms with Gasteiger partial charge >= 0.3 is 5.69 Å². The first-order valence-electron chi connectivity index (χ1n) is 9.96. The molecule has 0 aliphatic heterocycles. The summed E-state index contributed by atoms with van der Waals surface area (Å²) in [6, 6.07) is 18.0. The van der Waals surface area contributed by atoms with Gasteiger partial charge in [-0.3, -0.25) is 14.3 Å². The van der Waals surface area contributed by atoms with Crippen molar-refractivity contribution >= 4 is 34.0 Å². The van der Waals surface area contributed by atoms with Crippen LogP contribution in [-0.4, -0.2) is 29.1 Å². The number of nitrogens with zero attached hydrogens (tertiary/aromatic N) is 4. The summed E-state index contributed by atoms with van der Waals surface area (Å²) in [6.45, 7) is 0.592. The predicted octanol–water partition coefficient (Wildman–Crippen LogP) is 3.08. The Morgan fingerprint density at radius 1 is 0.968 bits per heavy atom. The molecule has 0 atom stereocenters. The SMILES string of the molecule is Cn1c(=O)[nH]c(=O)c2c1nc(Sc1nc3ccccc3[nH]1)n2CCCc1ccccc1. The maximum absolute atomic E-state index is 12.6. The Kier molecular flexibility index (Phi) is 4.95. The van der Waals surface area contributed by atoms with E-state index >= 15 is 0 Å². The van der Waals surface area contributed by atoms with Crippen molar-refractivity contribution in [1.29, 1.82) is 0 Å². The number of aromatic amines is 2. The zero-order valence-electron chi connectivity index (χ0n) is 16.8. The van der Waals surface area contributed by atoms with Crippen LogP contribution in [0.25, 0.3) is 22.2 Å². The van der Waals surface area contributed by atoms with Crippen molar-refractivity contribution in [3.63, 3.8) is 0 Å². The van der Waals surface area contributed by atoms with Crippen molar-refractivity contribution in [2.24, 2.45) is 7.05 Å². The lowest BCUT2D eigenvalue weighted by molar-refractivity contribution is 0.608. The number of hydrogen-bond donors (Lipinski definition) is 2. The van der Waals surface area contributed by atoms with Gasteiger partial charge in [0.15, 0.2) is 21.5 Å². The summed E-state index contributed by atoms with van der Waals surface area (Å²) in [5, 5.41) is 1.30. The Hall–Kier alpha value is -3.59. The Balaban J connectivity index is 1.54. The van der Waals surface area contributed by atoms with E-state index in [-0.39, 0.29) is 0 Å². The third kappa shape index (κ3) is 3.68. The number of hydrogen-bond acceptors (Lipinski definition) is 5. The van der Waals surface area contributed by atoms with Crippen LogP contribution in [0, 0.1) is 0 Å². The van der Waals surface area contributed by atoms with Crippen LogP contribution >= 0.6 is 11.8 Å². The highest BCUT2D eigenvalue weighted by Gasteiger charge is 2.19. The second kappa shape index (κ2) is 7.92. The van der Waals surface area contributed by atoms with E-state index in [1.54, 1.807) is 7.05 Å². The average molecular weight is 433 g/mol. The predicted molar refractivity (Wildman–Crippen MR) is 121 cm³/mol. The standard InChI is InChI=1S/C22H20N6O2S/c1-27-18-17(19(29)26-21(27)30)28(13-7-10-14-8-3-2-4-9-14)22(25-18)31-20-23-15-11-5-6-12-16(15)24-20/h2-6,8-9,11-12H,7,10,13H2,1H3,(H,23,24)(H,26,29,30). The van der Waals surface area contributed by atoms with E-state index in [1.807, 2.05) is 47.0 Å². The molecule has 0 aliphatic carbocycles. The lowest BCUT2D eigenvalue weighted by Crippen LogP contribution is -2.29. The van der Waals surface area contributed by atoms with Crippen LogP contribution in [0.5, 0.6) is 0 Å². The molecule has 5 rings (SSSR count). The van der Waals surface area contributed by atoms with Crippen LogP contribution in [0.15, 0.2) is 74.5 Å². The largest absolute Gasteiger partial charge is 0.333 e. The van der Waals surface area contributed by atoms with Crippen molar-refractivity contribution in [3.05, 3.63) is 81.0 Å². The second-order valence-corrected chi connectivity index (χ2v) is 8.24. The second-order valence-electron chi connectivity index (χ2n) is 7.29. The van der Waals surface area contributed by atoms with Gasteiger partial charge < -0.3 is 9.55 Å². The van der Waals surface area contributed by atoms with Crippen LogP contribution in [0.3, 0.4) is 0 Å². The highest BCUT2D eigenvalue weighted by atomic mass is 32.2. The zero-order valence-corrected chi connectivity index (χ0v) is 17.6. The lowest BCUT2D eigenvalue weighted by Gasteiger charge is -2.08. The molecule has 9 heteroatoms. The number of imidazole rings is 2. The summed E-state index contributed by atoms with van der Waals surface area (Å²) >= 11 is 1.35.